The molecule has 0 bridgehead atoms. The number of hydrogen-bond donors (Lipinski definition) is 3. The van der Waals surface area contributed by atoms with E-state index in [2.05, 4.69) is 15.3 Å². The monoisotopic (exact) mass is 267 g/mol. The highest BCUT2D eigenvalue weighted by molar-refractivity contribution is 7.91. The Kier molecular flexibility index (Phi) is 2.53. The smallest absolute Gasteiger partial charge is 0.155 e. The molecule has 1 aliphatic rings. The Balaban J connectivity index is 1.84. The highest BCUT2D eigenvalue weighted by Crippen LogP contribution is 2.19. The Morgan fingerprint density at radius 2 is 2.17 bits per heavy atom. The van der Waals surface area contributed by atoms with Gasteiger partial charge in [0.15, 0.2) is 9.84 Å². The third kappa shape index (κ3) is 2.06. The second kappa shape index (κ2) is 3.96. The molecule has 2 aromatic heterocycles. The minimum Gasteiger partial charge on any atom is -0.390 e. The predicted octanol–water partition coefficient (Wildman–Crippen LogP) is 0.133. The van der Waals surface area contributed by atoms with Crippen molar-refractivity contribution in [3.05, 3.63) is 24.4 Å². The van der Waals surface area contributed by atoms with Gasteiger partial charge in [-0.1, -0.05) is 0 Å². The van der Waals surface area contributed by atoms with Crippen molar-refractivity contribution in [1.29, 1.82) is 0 Å². The van der Waals surface area contributed by atoms with Crippen LogP contribution in [0.5, 0.6) is 0 Å². The molecule has 1 aliphatic heterocycles. The first kappa shape index (κ1) is 11.5. The second-order valence-electron chi connectivity index (χ2n) is 4.51. The molecule has 6 nitrogen and oxygen atoms in total. The Hall–Kier alpha value is -1.60. The topological polar surface area (TPSA) is 95.1 Å². The minimum atomic E-state index is -3.14. The number of sulfone groups is 1. The average Bonchev–Trinajstić information content (AvgIpc) is 2.83. The maximum atomic E-state index is 11.4. The third-order valence-electron chi connectivity index (χ3n) is 3.07. The van der Waals surface area contributed by atoms with Gasteiger partial charge >= 0.3 is 0 Å². The molecule has 3 heterocycles. The summed E-state index contributed by atoms with van der Waals surface area (Å²) in [6.07, 6.45) is 0.909. The summed E-state index contributed by atoms with van der Waals surface area (Å²) in [6, 6.07) is 5.07. The van der Waals surface area contributed by atoms with E-state index in [0.717, 1.165) is 11.0 Å². The SMILES string of the molecule is O=S1(=O)C[C@@H](O)[C@H](Nc2ccc3cc[nH]c3n2)C1. The van der Waals surface area contributed by atoms with E-state index in [1.54, 1.807) is 12.3 Å². The average molecular weight is 267 g/mol. The molecule has 0 amide bonds. The molecule has 18 heavy (non-hydrogen) atoms. The third-order valence-corrected chi connectivity index (χ3v) is 4.78. The van der Waals surface area contributed by atoms with Gasteiger partial charge in [0, 0.05) is 11.6 Å². The van der Waals surface area contributed by atoms with Crippen LogP contribution in [0.2, 0.25) is 0 Å². The van der Waals surface area contributed by atoms with Crippen molar-refractivity contribution >= 4 is 26.7 Å². The van der Waals surface area contributed by atoms with Crippen LogP contribution in [0.4, 0.5) is 5.82 Å². The molecule has 0 saturated carbocycles. The summed E-state index contributed by atoms with van der Waals surface area (Å²) in [5.74, 6) is 0.319. The van der Waals surface area contributed by atoms with Crippen LogP contribution in [-0.4, -0.2) is 47.1 Å². The molecule has 0 aromatic carbocycles. The highest BCUT2D eigenvalue weighted by atomic mass is 32.2. The quantitative estimate of drug-likeness (QED) is 0.719. The molecule has 0 radical (unpaired) electrons. The first-order chi connectivity index (χ1) is 8.53. The van der Waals surface area contributed by atoms with Gasteiger partial charge in [-0.25, -0.2) is 13.4 Å². The van der Waals surface area contributed by atoms with Crippen LogP contribution in [0.1, 0.15) is 0 Å². The Morgan fingerprint density at radius 1 is 1.33 bits per heavy atom. The number of aromatic nitrogens is 2. The maximum Gasteiger partial charge on any atom is 0.155 e. The summed E-state index contributed by atoms with van der Waals surface area (Å²) in [5, 5.41) is 13.6. The van der Waals surface area contributed by atoms with Crippen LogP contribution in [0.15, 0.2) is 24.4 Å². The fraction of sp³-hybridized carbons (Fsp3) is 0.364. The number of anilines is 1. The van der Waals surface area contributed by atoms with E-state index in [1.807, 2.05) is 12.1 Å². The van der Waals surface area contributed by atoms with Crippen molar-refractivity contribution in [1.82, 2.24) is 9.97 Å². The molecule has 0 unspecified atom stereocenters. The number of H-pyrrole nitrogens is 1. The van der Waals surface area contributed by atoms with E-state index in [4.69, 9.17) is 0 Å². The summed E-state index contributed by atoms with van der Waals surface area (Å²) < 4.78 is 22.8. The zero-order valence-corrected chi connectivity index (χ0v) is 10.3. The van der Waals surface area contributed by atoms with E-state index >= 15 is 0 Å². The molecule has 2 aromatic rings. The number of nitrogens with one attached hydrogen (secondary N) is 2. The van der Waals surface area contributed by atoms with E-state index in [1.165, 1.54) is 0 Å². The molecular formula is C11H13N3O3S. The number of aliphatic hydroxyl groups excluding tert-OH is 1. The zero-order valence-electron chi connectivity index (χ0n) is 9.50. The van der Waals surface area contributed by atoms with E-state index < -0.39 is 22.0 Å². The van der Waals surface area contributed by atoms with Crippen molar-refractivity contribution in [2.45, 2.75) is 12.1 Å². The summed E-state index contributed by atoms with van der Waals surface area (Å²) >= 11 is 0. The summed E-state index contributed by atoms with van der Waals surface area (Å²) in [6.45, 7) is 0. The van der Waals surface area contributed by atoms with Crippen LogP contribution in [0.3, 0.4) is 0 Å². The normalized spacial score (nSPS) is 26.5. The van der Waals surface area contributed by atoms with Crippen LogP contribution in [-0.2, 0) is 9.84 Å². The van der Waals surface area contributed by atoms with Gasteiger partial charge in [-0.3, -0.25) is 0 Å². The number of nitrogens with zero attached hydrogens (tertiary/aromatic N) is 1. The minimum absolute atomic E-state index is 0.0569. The molecule has 96 valence electrons. The lowest BCUT2D eigenvalue weighted by Gasteiger charge is -2.15. The molecule has 3 rings (SSSR count). The Bertz CT molecular complexity index is 680. The van der Waals surface area contributed by atoms with Crippen LogP contribution < -0.4 is 5.32 Å². The largest absolute Gasteiger partial charge is 0.390 e. The molecule has 1 saturated heterocycles. The molecule has 0 aliphatic carbocycles. The molecule has 7 heteroatoms. The number of fused-ring (bicyclic) bond motifs is 1. The van der Waals surface area contributed by atoms with Crippen LogP contribution in [0, 0.1) is 0 Å². The van der Waals surface area contributed by atoms with Gasteiger partial charge in [0.25, 0.3) is 0 Å². The van der Waals surface area contributed by atoms with Gasteiger partial charge in [0.1, 0.15) is 11.5 Å². The zero-order chi connectivity index (χ0) is 12.8. The molecule has 0 spiro atoms. The van der Waals surface area contributed by atoms with Gasteiger partial charge in [-0.2, -0.15) is 0 Å². The maximum absolute atomic E-state index is 11.4. The molecule has 2 atom stereocenters. The van der Waals surface area contributed by atoms with Crippen molar-refractivity contribution in [3.63, 3.8) is 0 Å². The van der Waals surface area contributed by atoms with Crippen molar-refractivity contribution in [3.8, 4) is 0 Å². The van der Waals surface area contributed by atoms with Crippen LogP contribution in [0.25, 0.3) is 11.0 Å². The van der Waals surface area contributed by atoms with Gasteiger partial charge in [-0.05, 0) is 18.2 Å². The fourth-order valence-corrected chi connectivity index (χ4v) is 3.91. The number of pyridine rings is 1. The first-order valence-electron chi connectivity index (χ1n) is 5.63. The van der Waals surface area contributed by atoms with Crippen molar-refractivity contribution < 1.29 is 13.5 Å². The number of rotatable bonds is 2. The summed E-state index contributed by atoms with van der Waals surface area (Å²) in [7, 11) is -3.14. The van der Waals surface area contributed by atoms with E-state index in [-0.39, 0.29) is 11.5 Å². The fourth-order valence-electron chi connectivity index (χ4n) is 2.17. The Morgan fingerprint density at radius 3 is 2.89 bits per heavy atom. The first-order valence-corrected chi connectivity index (χ1v) is 7.45. The van der Waals surface area contributed by atoms with Gasteiger partial charge in [-0.15, -0.1) is 0 Å². The predicted molar refractivity (Wildman–Crippen MR) is 68.2 cm³/mol. The van der Waals surface area contributed by atoms with E-state index in [9.17, 15) is 13.5 Å². The molecular weight excluding hydrogens is 254 g/mol. The number of hydrogen-bond acceptors (Lipinski definition) is 5. The van der Waals surface area contributed by atoms with Crippen molar-refractivity contribution in [2.75, 3.05) is 16.8 Å². The lowest BCUT2D eigenvalue weighted by Crippen LogP contribution is -2.32. The number of aliphatic hydroxyl groups is 1. The standard InChI is InChI=1S/C11H13N3O3S/c15-9-6-18(16,17)5-8(9)13-10-2-1-7-3-4-12-11(7)14-10/h1-4,8-9,15H,5-6H2,(H2,12,13,14)/t8-,9-/m1/s1. The van der Waals surface area contributed by atoms with Gasteiger partial charge in [0.2, 0.25) is 0 Å². The number of aromatic amines is 1. The second-order valence-corrected chi connectivity index (χ2v) is 6.66. The summed E-state index contributed by atoms with van der Waals surface area (Å²) in [4.78, 5) is 7.29. The van der Waals surface area contributed by atoms with Crippen LogP contribution >= 0.6 is 0 Å². The molecule has 3 N–H and O–H groups in total. The van der Waals surface area contributed by atoms with Gasteiger partial charge in [0.05, 0.1) is 23.7 Å². The van der Waals surface area contributed by atoms with Crippen molar-refractivity contribution in [2.24, 2.45) is 0 Å². The molecule has 1 fully saturated rings. The lowest BCUT2D eigenvalue weighted by atomic mass is 10.2. The summed E-state index contributed by atoms with van der Waals surface area (Å²) in [5.41, 5.74) is 0.732. The van der Waals surface area contributed by atoms with E-state index in [0.29, 0.717) is 5.82 Å². The lowest BCUT2D eigenvalue weighted by molar-refractivity contribution is 0.190. The Labute approximate surface area is 104 Å². The van der Waals surface area contributed by atoms with Gasteiger partial charge < -0.3 is 15.4 Å². The highest BCUT2D eigenvalue weighted by Gasteiger charge is 2.36.